The summed E-state index contributed by atoms with van der Waals surface area (Å²) in [7, 11) is 2.14. The van der Waals surface area contributed by atoms with Gasteiger partial charge in [-0.2, -0.15) is 0 Å². The third kappa shape index (κ3) is 1.79. The van der Waals surface area contributed by atoms with Crippen LogP contribution in [0.1, 0.15) is 51.0 Å². The highest BCUT2D eigenvalue weighted by Gasteiger charge is 2.61. The predicted octanol–water partition coefficient (Wildman–Crippen LogP) is 4.13. The molecule has 4 bridgehead atoms. The lowest BCUT2D eigenvalue weighted by Crippen LogP contribution is -2.60. The molecule has 4 fully saturated rings. The summed E-state index contributed by atoms with van der Waals surface area (Å²) in [5.41, 5.74) is 3.26. The quantitative estimate of drug-likeness (QED) is 0.870. The molecule has 0 spiro atoms. The van der Waals surface area contributed by atoms with Crippen molar-refractivity contribution >= 4 is 0 Å². The summed E-state index contributed by atoms with van der Waals surface area (Å²) in [5, 5.41) is 3.51. The standard InChI is InChI=1S/C19H27N/c1-17-8-15-9-18(11-17,14-20-2)13-19(10-15,12-17)16-6-4-3-5-7-16/h3-7,15,20H,8-14H2,1-2H3. The second kappa shape index (κ2) is 4.10. The second-order valence-electron chi connectivity index (χ2n) is 8.50. The van der Waals surface area contributed by atoms with Crippen LogP contribution in [0.4, 0.5) is 0 Å². The Bertz CT molecular complexity index is 510. The molecular formula is C19H27N. The lowest BCUT2D eigenvalue weighted by atomic mass is 9.39. The zero-order chi connectivity index (χ0) is 13.8. The molecule has 1 aromatic carbocycles. The van der Waals surface area contributed by atoms with Gasteiger partial charge >= 0.3 is 0 Å². The van der Waals surface area contributed by atoms with E-state index in [9.17, 15) is 0 Å². The number of rotatable bonds is 3. The molecule has 20 heavy (non-hydrogen) atoms. The fourth-order valence-electron chi connectivity index (χ4n) is 6.82. The summed E-state index contributed by atoms with van der Waals surface area (Å²) < 4.78 is 0. The van der Waals surface area contributed by atoms with Crippen molar-refractivity contribution in [3.05, 3.63) is 35.9 Å². The Balaban J connectivity index is 1.78. The molecule has 1 N–H and O–H groups in total. The maximum absolute atomic E-state index is 3.51. The largest absolute Gasteiger partial charge is 0.319 e. The summed E-state index contributed by atoms with van der Waals surface area (Å²) in [5.74, 6) is 0.963. The molecule has 4 aliphatic rings. The molecular weight excluding hydrogens is 242 g/mol. The van der Waals surface area contributed by atoms with E-state index in [1.165, 1.54) is 45.1 Å². The van der Waals surface area contributed by atoms with E-state index >= 15 is 0 Å². The van der Waals surface area contributed by atoms with Gasteiger partial charge in [0.2, 0.25) is 0 Å². The van der Waals surface area contributed by atoms with Crippen molar-refractivity contribution in [1.29, 1.82) is 0 Å². The highest BCUT2D eigenvalue weighted by atomic mass is 14.9. The molecule has 0 amide bonds. The van der Waals surface area contributed by atoms with Crippen molar-refractivity contribution in [3.8, 4) is 0 Å². The molecule has 0 saturated heterocycles. The zero-order valence-electron chi connectivity index (χ0n) is 12.9. The first-order chi connectivity index (χ1) is 9.57. The van der Waals surface area contributed by atoms with Gasteiger partial charge in [-0.3, -0.25) is 0 Å². The number of nitrogens with one attached hydrogen (secondary N) is 1. The molecule has 0 heterocycles. The van der Waals surface area contributed by atoms with Gasteiger partial charge in [0.1, 0.15) is 0 Å². The Morgan fingerprint density at radius 2 is 1.85 bits per heavy atom. The second-order valence-corrected chi connectivity index (χ2v) is 8.50. The Morgan fingerprint density at radius 3 is 2.55 bits per heavy atom. The van der Waals surface area contributed by atoms with Gasteiger partial charge in [-0.15, -0.1) is 0 Å². The van der Waals surface area contributed by atoms with Crippen LogP contribution in [0.2, 0.25) is 0 Å². The van der Waals surface area contributed by atoms with Gasteiger partial charge in [0.15, 0.2) is 0 Å². The SMILES string of the molecule is CNCC12CC3CC(C)(C1)CC(c1ccccc1)(C3)C2. The van der Waals surface area contributed by atoms with Crippen molar-refractivity contribution in [1.82, 2.24) is 5.32 Å². The zero-order valence-corrected chi connectivity index (χ0v) is 12.9. The van der Waals surface area contributed by atoms with Crippen LogP contribution in [-0.2, 0) is 5.41 Å². The van der Waals surface area contributed by atoms with E-state index in [1.54, 1.807) is 5.56 Å². The molecule has 4 atom stereocenters. The highest BCUT2D eigenvalue weighted by molar-refractivity contribution is 5.31. The smallest absolute Gasteiger partial charge is 0.000543 e. The van der Waals surface area contributed by atoms with E-state index in [4.69, 9.17) is 0 Å². The lowest BCUT2D eigenvalue weighted by Gasteiger charge is -2.66. The fraction of sp³-hybridized carbons (Fsp3) is 0.684. The minimum absolute atomic E-state index is 0.478. The van der Waals surface area contributed by atoms with Crippen LogP contribution in [0.15, 0.2) is 30.3 Å². The third-order valence-electron chi connectivity index (χ3n) is 6.40. The van der Waals surface area contributed by atoms with E-state index in [0.29, 0.717) is 16.2 Å². The summed E-state index contributed by atoms with van der Waals surface area (Å²) in [6.07, 6.45) is 8.68. The average Bonchev–Trinajstić information content (AvgIpc) is 2.36. The van der Waals surface area contributed by atoms with Gasteiger partial charge in [0.05, 0.1) is 0 Å². The minimum atomic E-state index is 0.478. The van der Waals surface area contributed by atoms with Crippen LogP contribution in [0.25, 0.3) is 0 Å². The van der Waals surface area contributed by atoms with Gasteiger partial charge in [0.25, 0.3) is 0 Å². The Kier molecular flexibility index (Phi) is 2.64. The Hall–Kier alpha value is -0.820. The molecule has 1 heteroatoms. The maximum Gasteiger partial charge on any atom is 0.000543 e. The van der Waals surface area contributed by atoms with E-state index < -0.39 is 0 Å². The first kappa shape index (κ1) is 12.9. The van der Waals surface area contributed by atoms with Crippen molar-refractivity contribution in [2.75, 3.05) is 13.6 Å². The van der Waals surface area contributed by atoms with Gasteiger partial charge in [-0.05, 0) is 73.3 Å². The molecule has 4 aliphatic carbocycles. The fourth-order valence-corrected chi connectivity index (χ4v) is 6.82. The minimum Gasteiger partial charge on any atom is -0.319 e. The van der Waals surface area contributed by atoms with Crippen molar-refractivity contribution in [3.63, 3.8) is 0 Å². The maximum atomic E-state index is 3.51. The number of hydrogen-bond donors (Lipinski definition) is 1. The summed E-state index contributed by atoms with van der Waals surface area (Å²) in [6, 6.07) is 11.4. The molecule has 0 aliphatic heterocycles. The van der Waals surface area contributed by atoms with Crippen LogP contribution in [-0.4, -0.2) is 13.6 Å². The van der Waals surface area contributed by atoms with Gasteiger partial charge < -0.3 is 5.32 Å². The van der Waals surface area contributed by atoms with Crippen LogP contribution in [0.5, 0.6) is 0 Å². The summed E-state index contributed by atoms with van der Waals surface area (Å²) in [4.78, 5) is 0. The Morgan fingerprint density at radius 1 is 1.05 bits per heavy atom. The first-order valence-corrected chi connectivity index (χ1v) is 8.27. The predicted molar refractivity (Wildman–Crippen MR) is 83.8 cm³/mol. The summed E-state index contributed by atoms with van der Waals surface area (Å²) >= 11 is 0. The molecule has 4 unspecified atom stereocenters. The van der Waals surface area contributed by atoms with E-state index in [-0.39, 0.29) is 0 Å². The van der Waals surface area contributed by atoms with E-state index in [1.807, 2.05) is 0 Å². The molecule has 5 rings (SSSR count). The van der Waals surface area contributed by atoms with Gasteiger partial charge in [-0.25, -0.2) is 0 Å². The molecule has 0 aromatic heterocycles. The summed E-state index contributed by atoms with van der Waals surface area (Å²) in [6.45, 7) is 3.78. The lowest BCUT2D eigenvalue weighted by molar-refractivity contribution is -0.116. The van der Waals surface area contributed by atoms with E-state index in [0.717, 1.165) is 5.92 Å². The average molecular weight is 269 g/mol. The molecule has 1 nitrogen and oxygen atoms in total. The van der Waals surface area contributed by atoms with Crippen LogP contribution in [0.3, 0.4) is 0 Å². The van der Waals surface area contributed by atoms with Crippen LogP contribution in [0, 0.1) is 16.7 Å². The van der Waals surface area contributed by atoms with Crippen molar-refractivity contribution in [2.45, 2.75) is 50.9 Å². The Labute approximate surface area is 123 Å². The van der Waals surface area contributed by atoms with Gasteiger partial charge in [-0.1, -0.05) is 37.3 Å². The normalized spacial score (nSPS) is 45.8. The highest BCUT2D eigenvalue weighted by Crippen LogP contribution is 2.69. The number of hydrogen-bond acceptors (Lipinski definition) is 1. The molecule has 108 valence electrons. The van der Waals surface area contributed by atoms with Crippen LogP contribution >= 0.6 is 0 Å². The van der Waals surface area contributed by atoms with Crippen molar-refractivity contribution in [2.24, 2.45) is 16.7 Å². The third-order valence-corrected chi connectivity index (χ3v) is 6.40. The van der Waals surface area contributed by atoms with E-state index in [2.05, 4.69) is 49.6 Å². The molecule has 4 saturated carbocycles. The topological polar surface area (TPSA) is 12.0 Å². The van der Waals surface area contributed by atoms with Crippen LogP contribution < -0.4 is 5.32 Å². The molecule has 0 radical (unpaired) electrons. The van der Waals surface area contributed by atoms with Crippen molar-refractivity contribution < 1.29 is 0 Å². The molecule has 1 aromatic rings. The number of benzene rings is 1. The van der Waals surface area contributed by atoms with Gasteiger partial charge in [0, 0.05) is 6.54 Å². The monoisotopic (exact) mass is 269 g/mol. The first-order valence-electron chi connectivity index (χ1n) is 8.27.